The van der Waals surface area contributed by atoms with Crippen molar-refractivity contribution in [3.05, 3.63) is 22.2 Å². The second-order valence-corrected chi connectivity index (χ2v) is 7.09. The van der Waals surface area contributed by atoms with Crippen molar-refractivity contribution in [2.75, 3.05) is 0 Å². The van der Waals surface area contributed by atoms with E-state index in [1.54, 1.807) is 6.92 Å². The Morgan fingerprint density at radius 2 is 1.92 bits per heavy atom. The molecule has 0 spiro atoms. The number of epoxide rings is 1. The van der Waals surface area contributed by atoms with Gasteiger partial charge in [0, 0.05) is 30.9 Å². The molecule has 0 bridgehead atoms. The second-order valence-electron chi connectivity index (χ2n) is 6.71. The zero-order valence-corrected chi connectivity index (χ0v) is 14.7. The number of phenols is 2. The molecule has 0 aromatic heterocycles. The third-order valence-corrected chi connectivity index (χ3v) is 5.08. The molecule has 2 aliphatic rings. The highest BCUT2D eigenvalue weighted by Crippen LogP contribution is 2.38. The fourth-order valence-corrected chi connectivity index (χ4v) is 3.50. The number of phenolic OH excluding ortho intramolecular Hbond substituents is 2. The normalized spacial score (nSPS) is 27.7. The lowest BCUT2D eigenvalue weighted by atomic mass is 9.97. The topological polar surface area (TPSA) is 96.4 Å². The lowest BCUT2D eigenvalue weighted by Gasteiger charge is -2.17. The van der Waals surface area contributed by atoms with Crippen LogP contribution in [0.4, 0.5) is 0 Å². The van der Waals surface area contributed by atoms with Gasteiger partial charge < -0.3 is 19.7 Å². The molecule has 1 aromatic rings. The summed E-state index contributed by atoms with van der Waals surface area (Å²) >= 11 is 6.09. The molecular formula is C18H21ClO6. The first kappa shape index (κ1) is 18.0. The van der Waals surface area contributed by atoms with Crippen molar-refractivity contribution in [2.24, 2.45) is 0 Å². The van der Waals surface area contributed by atoms with E-state index in [1.807, 2.05) is 0 Å². The van der Waals surface area contributed by atoms with E-state index in [9.17, 15) is 19.8 Å². The summed E-state index contributed by atoms with van der Waals surface area (Å²) in [4.78, 5) is 24.8. The zero-order chi connectivity index (χ0) is 18.1. The maximum atomic E-state index is 12.5. The van der Waals surface area contributed by atoms with Gasteiger partial charge in [-0.25, -0.2) is 4.79 Å². The van der Waals surface area contributed by atoms with Crippen molar-refractivity contribution >= 4 is 23.4 Å². The van der Waals surface area contributed by atoms with Crippen molar-refractivity contribution in [2.45, 2.75) is 63.8 Å². The Labute approximate surface area is 150 Å². The average molecular weight is 369 g/mol. The Morgan fingerprint density at radius 1 is 1.16 bits per heavy atom. The number of ether oxygens (including phenoxy) is 2. The van der Waals surface area contributed by atoms with Crippen molar-refractivity contribution < 1.29 is 29.3 Å². The standard InChI is InChI=1S/C18H21ClO6/c1-9-6-15-14(25-15)5-3-2-4-10(20)7-11-16(18(23)24-9)12(21)8-13(22)17(11)19/h8-9,14-15,21-22H,2-7H2,1H3/t9?,14-,15-/m1/s1. The minimum absolute atomic E-state index is 0.0675. The van der Waals surface area contributed by atoms with Crippen molar-refractivity contribution in [1.82, 2.24) is 0 Å². The number of fused-ring (bicyclic) bond motifs is 2. The van der Waals surface area contributed by atoms with Crippen LogP contribution < -0.4 is 0 Å². The summed E-state index contributed by atoms with van der Waals surface area (Å²) in [7, 11) is 0. The molecular weight excluding hydrogens is 348 g/mol. The molecule has 0 saturated carbocycles. The van der Waals surface area contributed by atoms with E-state index < -0.39 is 17.8 Å². The van der Waals surface area contributed by atoms with Crippen LogP contribution >= 0.6 is 11.6 Å². The first-order valence-electron chi connectivity index (χ1n) is 8.48. The molecule has 0 radical (unpaired) electrons. The summed E-state index contributed by atoms with van der Waals surface area (Å²) in [5.74, 6) is -1.69. The Hall–Kier alpha value is -1.79. The van der Waals surface area contributed by atoms with Gasteiger partial charge in [0.2, 0.25) is 0 Å². The molecule has 2 aliphatic heterocycles. The van der Waals surface area contributed by atoms with E-state index in [1.165, 1.54) is 0 Å². The van der Waals surface area contributed by atoms with Gasteiger partial charge in [-0.05, 0) is 19.8 Å². The van der Waals surface area contributed by atoms with Gasteiger partial charge in [0.1, 0.15) is 28.9 Å². The number of carbonyl (C=O) groups is 2. The van der Waals surface area contributed by atoms with Crippen LogP contribution in [0.5, 0.6) is 11.5 Å². The van der Waals surface area contributed by atoms with Crippen LogP contribution in [0.1, 0.15) is 54.9 Å². The molecule has 3 atom stereocenters. The van der Waals surface area contributed by atoms with Gasteiger partial charge in [-0.2, -0.15) is 0 Å². The molecule has 0 amide bonds. The fourth-order valence-electron chi connectivity index (χ4n) is 3.29. The number of cyclic esters (lactones) is 1. The van der Waals surface area contributed by atoms with E-state index in [4.69, 9.17) is 21.1 Å². The summed E-state index contributed by atoms with van der Waals surface area (Å²) in [5, 5.41) is 19.8. The van der Waals surface area contributed by atoms with Gasteiger partial charge in [0.15, 0.2) is 0 Å². The Kier molecular flexibility index (Phi) is 5.20. The first-order chi connectivity index (χ1) is 11.9. The molecule has 3 rings (SSSR count). The summed E-state index contributed by atoms with van der Waals surface area (Å²) in [6.07, 6.45) is 3.12. The maximum absolute atomic E-state index is 12.5. The largest absolute Gasteiger partial charge is 0.507 e. The number of halogens is 1. The molecule has 2 N–H and O–H groups in total. The highest BCUT2D eigenvalue weighted by molar-refractivity contribution is 6.33. The van der Waals surface area contributed by atoms with Crippen LogP contribution in [0, 0.1) is 0 Å². The fraction of sp³-hybridized carbons (Fsp3) is 0.556. The van der Waals surface area contributed by atoms with E-state index in [0.29, 0.717) is 12.8 Å². The van der Waals surface area contributed by atoms with E-state index in [-0.39, 0.29) is 46.3 Å². The molecule has 6 nitrogen and oxygen atoms in total. The Bertz CT molecular complexity index is 701. The lowest BCUT2D eigenvalue weighted by molar-refractivity contribution is -0.118. The van der Waals surface area contributed by atoms with E-state index >= 15 is 0 Å². The minimum atomic E-state index is -0.760. The minimum Gasteiger partial charge on any atom is -0.507 e. The molecule has 1 unspecified atom stereocenters. The predicted octanol–water partition coefficient (Wildman–Crippen LogP) is 3.14. The van der Waals surface area contributed by atoms with Crippen molar-refractivity contribution in [3.8, 4) is 11.5 Å². The number of hydrogen-bond acceptors (Lipinski definition) is 6. The van der Waals surface area contributed by atoms with Gasteiger partial charge in [-0.3, -0.25) is 4.79 Å². The monoisotopic (exact) mass is 368 g/mol. The number of ketones is 1. The molecule has 7 heteroatoms. The molecule has 1 aromatic carbocycles. The maximum Gasteiger partial charge on any atom is 0.342 e. The van der Waals surface area contributed by atoms with E-state index in [0.717, 1.165) is 25.3 Å². The third kappa shape index (κ3) is 4.07. The number of esters is 1. The number of aromatic hydroxyl groups is 2. The Morgan fingerprint density at radius 3 is 2.68 bits per heavy atom. The second kappa shape index (κ2) is 7.22. The Balaban J connectivity index is 1.93. The lowest BCUT2D eigenvalue weighted by Crippen LogP contribution is -2.20. The molecule has 1 saturated heterocycles. The van der Waals surface area contributed by atoms with Crippen molar-refractivity contribution in [3.63, 3.8) is 0 Å². The van der Waals surface area contributed by atoms with Crippen LogP contribution in [-0.4, -0.2) is 40.3 Å². The quantitative estimate of drug-likeness (QED) is 0.539. The number of rotatable bonds is 0. The van der Waals surface area contributed by atoms with Gasteiger partial charge >= 0.3 is 5.97 Å². The summed E-state index contributed by atoms with van der Waals surface area (Å²) < 4.78 is 11.0. The summed E-state index contributed by atoms with van der Waals surface area (Å²) in [6, 6.07) is 0.987. The average Bonchev–Trinajstić information content (AvgIpc) is 3.25. The molecule has 136 valence electrons. The van der Waals surface area contributed by atoms with Crippen LogP contribution in [0.25, 0.3) is 0 Å². The van der Waals surface area contributed by atoms with Crippen LogP contribution in [-0.2, 0) is 20.7 Å². The SMILES string of the molecule is CC1C[C@H]2O[C@@H]2CCCCC(=O)Cc2c(Cl)c(O)cc(O)c2C(=O)O1. The first-order valence-corrected chi connectivity index (χ1v) is 8.86. The number of Topliss-reactive ketones (excluding diaryl/α,β-unsaturated/α-hetero) is 1. The zero-order valence-electron chi connectivity index (χ0n) is 14.0. The molecule has 2 heterocycles. The molecule has 1 fully saturated rings. The highest BCUT2D eigenvalue weighted by atomic mass is 35.5. The molecule has 0 aliphatic carbocycles. The predicted molar refractivity (Wildman–Crippen MR) is 90.1 cm³/mol. The van der Waals surface area contributed by atoms with Gasteiger partial charge in [-0.1, -0.05) is 18.0 Å². The molecule has 25 heavy (non-hydrogen) atoms. The number of hydrogen-bond donors (Lipinski definition) is 2. The van der Waals surface area contributed by atoms with Gasteiger partial charge in [-0.15, -0.1) is 0 Å². The van der Waals surface area contributed by atoms with E-state index in [2.05, 4.69) is 0 Å². The summed E-state index contributed by atoms with van der Waals surface area (Å²) in [6.45, 7) is 1.76. The highest BCUT2D eigenvalue weighted by Gasteiger charge is 2.40. The van der Waals surface area contributed by atoms with Crippen molar-refractivity contribution in [1.29, 1.82) is 0 Å². The van der Waals surface area contributed by atoms with Gasteiger partial charge in [0.25, 0.3) is 0 Å². The smallest absolute Gasteiger partial charge is 0.342 e. The van der Waals surface area contributed by atoms with Crippen LogP contribution in [0.2, 0.25) is 5.02 Å². The van der Waals surface area contributed by atoms with Crippen LogP contribution in [0.3, 0.4) is 0 Å². The number of carbonyl (C=O) groups excluding carboxylic acids is 2. The third-order valence-electron chi connectivity index (χ3n) is 4.65. The summed E-state index contributed by atoms with van der Waals surface area (Å²) in [5.41, 5.74) is -0.0488. The van der Waals surface area contributed by atoms with Crippen LogP contribution in [0.15, 0.2) is 6.07 Å². The van der Waals surface area contributed by atoms with Gasteiger partial charge in [0.05, 0.1) is 17.2 Å². The number of benzene rings is 1.